The minimum Gasteiger partial charge on any atom is -0.394 e. The summed E-state index contributed by atoms with van der Waals surface area (Å²) in [5, 5.41) is 22.9. The van der Waals surface area contributed by atoms with Crippen LogP contribution in [0.4, 0.5) is 0 Å². The third kappa shape index (κ3) is 38.4. The van der Waals surface area contributed by atoms with Crippen LogP contribution in [-0.4, -0.2) is 34.9 Å². The molecular formula is C47H79NO3. The molecular weight excluding hydrogens is 627 g/mol. The van der Waals surface area contributed by atoms with Gasteiger partial charge in [0.25, 0.3) is 0 Å². The van der Waals surface area contributed by atoms with E-state index in [-0.39, 0.29) is 12.5 Å². The van der Waals surface area contributed by atoms with Crippen molar-refractivity contribution >= 4 is 5.91 Å². The van der Waals surface area contributed by atoms with E-state index in [1.54, 1.807) is 6.08 Å². The van der Waals surface area contributed by atoms with Gasteiger partial charge in [-0.05, 0) is 83.5 Å². The summed E-state index contributed by atoms with van der Waals surface area (Å²) in [7, 11) is 0. The van der Waals surface area contributed by atoms with Crippen molar-refractivity contribution in [2.24, 2.45) is 0 Å². The quantitative estimate of drug-likeness (QED) is 0.0449. The van der Waals surface area contributed by atoms with Crippen LogP contribution in [0.3, 0.4) is 0 Å². The topological polar surface area (TPSA) is 69.6 Å². The summed E-state index contributed by atoms with van der Waals surface area (Å²) >= 11 is 0. The highest BCUT2D eigenvalue weighted by Crippen LogP contribution is 2.13. The average Bonchev–Trinajstić information content (AvgIpc) is 3.13. The lowest BCUT2D eigenvalue weighted by atomic mass is 10.0. The highest BCUT2D eigenvalue weighted by molar-refractivity contribution is 5.76. The third-order valence-corrected chi connectivity index (χ3v) is 8.78. The Labute approximate surface area is 315 Å². The number of aliphatic hydroxyl groups excluding tert-OH is 2. The molecule has 3 N–H and O–H groups in total. The maximum absolute atomic E-state index is 12.4. The molecule has 4 nitrogen and oxygen atoms in total. The molecule has 0 aromatic heterocycles. The number of nitrogens with one attached hydrogen (secondary N) is 1. The smallest absolute Gasteiger partial charge is 0.220 e. The summed E-state index contributed by atoms with van der Waals surface area (Å²) in [4.78, 5) is 12.4. The summed E-state index contributed by atoms with van der Waals surface area (Å²) in [6, 6.07) is -0.651. The Morgan fingerprint density at radius 3 is 1.37 bits per heavy atom. The Bertz CT molecular complexity index is 983. The fourth-order valence-corrected chi connectivity index (χ4v) is 5.57. The Kier molecular flexibility index (Phi) is 39.5. The summed E-state index contributed by atoms with van der Waals surface area (Å²) in [6.07, 6.45) is 62.2. The van der Waals surface area contributed by atoms with E-state index < -0.39 is 12.1 Å². The van der Waals surface area contributed by atoms with Gasteiger partial charge in [0.05, 0.1) is 18.8 Å². The maximum atomic E-state index is 12.4. The van der Waals surface area contributed by atoms with Crippen LogP contribution in [0.1, 0.15) is 174 Å². The predicted octanol–water partition coefficient (Wildman–Crippen LogP) is 13.1. The molecule has 0 aromatic rings. The second-order valence-electron chi connectivity index (χ2n) is 13.7. The molecule has 0 bridgehead atoms. The van der Waals surface area contributed by atoms with E-state index in [1.807, 2.05) is 6.08 Å². The normalized spacial score (nSPS) is 14.0. The van der Waals surface area contributed by atoms with Crippen molar-refractivity contribution in [1.82, 2.24) is 5.32 Å². The van der Waals surface area contributed by atoms with Crippen LogP contribution in [0.2, 0.25) is 0 Å². The highest BCUT2D eigenvalue weighted by Gasteiger charge is 2.17. The molecule has 0 aliphatic rings. The number of hydrogen-bond acceptors (Lipinski definition) is 3. The van der Waals surface area contributed by atoms with E-state index in [0.717, 1.165) is 70.6 Å². The summed E-state index contributed by atoms with van der Waals surface area (Å²) < 4.78 is 0. The van der Waals surface area contributed by atoms with Crippen LogP contribution in [-0.2, 0) is 4.79 Å². The molecule has 0 fully saturated rings. The Hall–Kier alpha value is -2.69. The zero-order valence-corrected chi connectivity index (χ0v) is 33.1. The van der Waals surface area contributed by atoms with E-state index in [2.05, 4.69) is 104 Å². The monoisotopic (exact) mass is 706 g/mol. The number of carbonyl (C=O) groups is 1. The van der Waals surface area contributed by atoms with Gasteiger partial charge >= 0.3 is 0 Å². The number of hydrogen-bond donors (Lipinski definition) is 3. The van der Waals surface area contributed by atoms with E-state index in [9.17, 15) is 15.0 Å². The van der Waals surface area contributed by atoms with Crippen LogP contribution < -0.4 is 5.32 Å². The Morgan fingerprint density at radius 1 is 0.490 bits per heavy atom. The molecule has 0 aliphatic heterocycles. The molecule has 0 radical (unpaired) electrons. The van der Waals surface area contributed by atoms with Crippen molar-refractivity contribution in [3.05, 3.63) is 97.2 Å². The van der Waals surface area contributed by atoms with Crippen molar-refractivity contribution in [3.63, 3.8) is 0 Å². The lowest BCUT2D eigenvalue weighted by molar-refractivity contribution is -0.123. The molecule has 0 saturated heterocycles. The first-order valence-electron chi connectivity index (χ1n) is 21.0. The first-order valence-corrected chi connectivity index (χ1v) is 21.0. The van der Waals surface area contributed by atoms with Crippen LogP contribution in [0, 0.1) is 0 Å². The van der Waals surface area contributed by atoms with Gasteiger partial charge in [-0.1, -0.05) is 182 Å². The fourth-order valence-electron chi connectivity index (χ4n) is 5.57. The van der Waals surface area contributed by atoms with Gasteiger partial charge in [-0.25, -0.2) is 0 Å². The number of unbranched alkanes of at least 4 members (excludes halogenated alkanes) is 15. The summed E-state index contributed by atoms with van der Waals surface area (Å²) in [6.45, 7) is 4.11. The molecule has 2 atom stereocenters. The molecule has 2 unspecified atom stereocenters. The standard InChI is InChI=1S/C47H79NO3/c1-3-5-7-9-11-13-15-17-18-19-20-21-22-23-24-25-26-27-28-29-30-31-33-35-37-39-41-43-47(51)48-45(44-49)46(50)42-40-38-36-34-32-16-14-12-10-8-6-4-2/h5,7,10-13,17-18,20-21,23-24,32,34,40,42,45-46,49-50H,3-4,6,8-9,14-16,19,22,25-31,33,35-39,41,43-44H2,1-2H3,(H,48,51)/b7-5-,12-10+,13-11-,18-17-,21-20-,24-23-,34-32+,42-40+. The molecule has 4 heteroatoms. The largest absolute Gasteiger partial charge is 0.394 e. The SMILES string of the molecule is CC/C=C\C/C=C\C/C=C\C/C=C\C/C=C\CCCCCCCCCCCCCC(=O)NC(CO)C(O)/C=C/CC/C=C/CC/C=C/CCCC. The second kappa shape index (κ2) is 41.7. The lowest BCUT2D eigenvalue weighted by Gasteiger charge is -2.19. The summed E-state index contributed by atoms with van der Waals surface area (Å²) in [5.74, 6) is -0.0884. The van der Waals surface area contributed by atoms with Crippen LogP contribution in [0.15, 0.2) is 97.2 Å². The van der Waals surface area contributed by atoms with Crippen molar-refractivity contribution in [3.8, 4) is 0 Å². The molecule has 0 rings (SSSR count). The Balaban J connectivity index is 3.63. The zero-order valence-electron chi connectivity index (χ0n) is 33.1. The van der Waals surface area contributed by atoms with E-state index >= 15 is 0 Å². The van der Waals surface area contributed by atoms with Gasteiger partial charge < -0.3 is 15.5 Å². The molecule has 51 heavy (non-hydrogen) atoms. The number of carbonyl (C=O) groups excluding carboxylic acids is 1. The van der Waals surface area contributed by atoms with Gasteiger partial charge in [-0.15, -0.1) is 0 Å². The van der Waals surface area contributed by atoms with Gasteiger partial charge in [0.2, 0.25) is 5.91 Å². The van der Waals surface area contributed by atoms with Crippen molar-refractivity contribution < 1.29 is 15.0 Å². The third-order valence-electron chi connectivity index (χ3n) is 8.78. The molecule has 0 saturated carbocycles. The highest BCUT2D eigenvalue weighted by atomic mass is 16.3. The number of amides is 1. The molecule has 1 amide bonds. The van der Waals surface area contributed by atoms with Crippen molar-refractivity contribution in [2.75, 3.05) is 6.61 Å². The predicted molar refractivity (Wildman–Crippen MR) is 225 cm³/mol. The Morgan fingerprint density at radius 2 is 0.882 bits per heavy atom. The number of rotatable bonds is 36. The zero-order chi connectivity index (χ0) is 37.1. The van der Waals surface area contributed by atoms with Gasteiger partial charge in [0.1, 0.15) is 0 Å². The average molecular weight is 706 g/mol. The molecule has 0 aromatic carbocycles. The van der Waals surface area contributed by atoms with Crippen LogP contribution in [0.25, 0.3) is 0 Å². The molecule has 0 heterocycles. The fraction of sp³-hybridized carbons (Fsp3) is 0.638. The van der Waals surface area contributed by atoms with Gasteiger partial charge in [0.15, 0.2) is 0 Å². The first-order chi connectivity index (χ1) is 25.2. The number of allylic oxidation sites excluding steroid dienone is 15. The van der Waals surface area contributed by atoms with Crippen molar-refractivity contribution in [2.45, 2.75) is 187 Å². The molecule has 290 valence electrons. The molecule has 0 spiro atoms. The van der Waals surface area contributed by atoms with E-state index in [0.29, 0.717) is 6.42 Å². The number of aliphatic hydroxyl groups is 2. The lowest BCUT2D eigenvalue weighted by Crippen LogP contribution is -2.45. The maximum Gasteiger partial charge on any atom is 0.220 e. The summed E-state index contributed by atoms with van der Waals surface area (Å²) in [5.41, 5.74) is 0. The van der Waals surface area contributed by atoms with E-state index in [4.69, 9.17) is 0 Å². The van der Waals surface area contributed by atoms with Crippen LogP contribution in [0.5, 0.6) is 0 Å². The van der Waals surface area contributed by atoms with Crippen LogP contribution >= 0.6 is 0 Å². The minimum absolute atomic E-state index is 0.0884. The second-order valence-corrected chi connectivity index (χ2v) is 13.7. The first kappa shape index (κ1) is 48.3. The van der Waals surface area contributed by atoms with Crippen molar-refractivity contribution in [1.29, 1.82) is 0 Å². The van der Waals surface area contributed by atoms with Gasteiger partial charge in [-0.3, -0.25) is 4.79 Å². The van der Waals surface area contributed by atoms with Gasteiger partial charge in [-0.2, -0.15) is 0 Å². The molecule has 0 aliphatic carbocycles. The van der Waals surface area contributed by atoms with Gasteiger partial charge in [0, 0.05) is 6.42 Å². The minimum atomic E-state index is -0.875. The van der Waals surface area contributed by atoms with E-state index in [1.165, 1.54) is 83.5 Å².